The Kier molecular flexibility index (Phi) is 3.77. The Labute approximate surface area is 102 Å². The first-order chi connectivity index (χ1) is 8.67. The highest BCUT2D eigenvalue weighted by Gasteiger charge is 2.39. The topological polar surface area (TPSA) is 112 Å². The summed E-state index contributed by atoms with van der Waals surface area (Å²) in [6, 6.07) is 0. The highest BCUT2D eigenvalue weighted by atomic mass is 19.4. The van der Waals surface area contributed by atoms with Gasteiger partial charge in [0.1, 0.15) is 5.56 Å². The van der Waals surface area contributed by atoms with Gasteiger partial charge in [-0.15, -0.1) is 13.2 Å². The maximum Gasteiger partial charge on any atom is 0.573 e. The number of carboxylic acid groups (broad SMARTS) is 1. The summed E-state index contributed by atoms with van der Waals surface area (Å²) in [6.07, 6.45) is -4.84. The molecular weight excluding hydrogens is 277 g/mol. The van der Waals surface area contributed by atoms with E-state index in [4.69, 9.17) is 5.11 Å². The van der Waals surface area contributed by atoms with Crippen LogP contribution in [-0.2, 0) is 0 Å². The van der Waals surface area contributed by atoms with Crippen molar-refractivity contribution in [2.45, 2.75) is 6.36 Å². The molecule has 1 aromatic heterocycles. The molecule has 0 aliphatic heterocycles. The lowest BCUT2D eigenvalue weighted by atomic mass is 10.2. The zero-order valence-electron chi connectivity index (χ0n) is 9.09. The lowest BCUT2D eigenvalue weighted by Crippen LogP contribution is -2.20. The van der Waals surface area contributed by atoms with E-state index in [-0.39, 0.29) is 0 Å². The minimum Gasteiger partial charge on any atom is -0.477 e. The van der Waals surface area contributed by atoms with E-state index in [1.54, 1.807) is 0 Å². The maximum atomic E-state index is 12.2. The normalized spacial score (nSPS) is 10.9. The Morgan fingerprint density at radius 3 is 2.47 bits per heavy atom. The lowest BCUT2D eigenvalue weighted by molar-refractivity contribution is -0.390. The van der Waals surface area contributed by atoms with E-state index in [2.05, 4.69) is 14.5 Å². The predicted molar refractivity (Wildman–Crippen MR) is 51.1 cm³/mol. The summed E-state index contributed by atoms with van der Waals surface area (Å²) in [7, 11) is 0.924. The number of halogens is 3. The number of hydrogen-bond acceptors (Lipinski definition) is 6. The van der Waals surface area contributed by atoms with Gasteiger partial charge in [0, 0.05) is 6.20 Å². The van der Waals surface area contributed by atoms with Crippen LogP contribution in [0.3, 0.4) is 0 Å². The van der Waals surface area contributed by atoms with Crippen LogP contribution in [0.15, 0.2) is 6.20 Å². The summed E-state index contributed by atoms with van der Waals surface area (Å²) in [5.41, 5.74) is -2.43. The largest absolute Gasteiger partial charge is 0.573 e. The summed E-state index contributed by atoms with van der Waals surface area (Å²) in [5.74, 6) is -4.15. The second-order valence-electron chi connectivity index (χ2n) is 2.97. The fraction of sp³-hybridized carbons (Fsp3) is 0.250. The Morgan fingerprint density at radius 2 is 2.11 bits per heavy atom. The second kappa shape index (κ2) is 4.96. The number of methoxy groups -OCH3 is 1. The SMILES string of the molecule is COc1ncc(C(=O)O)c(OC(F)(F)F)c1[N+](=O)[O-]. The molecule has 0 bridgehead atoms. The molecule has 0 unspecified atom stereocenters. The van der Waals surface area contributed by atoms with Gasteiger partial charge in [-0.1, -0.05) is 0 Å². The molecule has 19 heavy (non-hydrogen) atoms. The van der Waals surface area contributed by atoms with E-state index >= 15 is 0 Å². The highest BCUT2D eigenvalue weighted by Crippen LogP contribution is 2.40. The van der Waals surface area contributed by atoms with E-state index in [1.165, 1.54) is 0 Å². The zero-order chi connectivity index (χ0) is 14.8. The Balaban J connectivity index is 3.58. The number of alkyl halides is 3. The van der Waals surface area contributed by atoms with Gasteiger partial charge in [-0.3, -0.25) is 10.1 Å². The third kappa shape index (κ3) is 3.20. The predicted octanol–water partition coefficient (Wildman–Crippen LogP) is 1.60. The number of aromatic carboxylic acids is 1. The molecule has 0 aliphatic carbocycles. The number of ether oxygens (including phenoxy) is 2. The van der Waals surface area contributed by atoms with Crippen molar-refractivity contribution >= 4 is 11.7 Å². The molecule has 0 aliphatic rings. The number of carbonyl (C=O) groups is 1. The molecule has 0 fully saturated rings. The van der Waals surface area contributed by atoms with Crippen molar-refractivity contribution < 1.29 is 37.5 Å². The summed E-state index contributed by atoms with van der Waals surface area (Å²) < 4.78 is 44.3. The standard InChI is InChI=1S/C8H5F3N2O6/c1-18-6-4(13(16)17)5(19-8(9,10)11)3(2-12-6)7(14)15/h2H,1H3,(H,14,15). The van der Waals surface area contributed by atoms with Gasteiger partial charge in [0.2, 0.25) is 5.75 Å². The number of nitrogens with zero attached hydrogens (tertiary/aromatic N) is 2. The van der Waals surface area contributed by atoms with Gasteiger partial charge in [-0.2, -0.15) is 0 Å². The van der Waals surface area contributed by atoms with Crippen LogP contribution in [0.2, 0.25) is 0 Å². The zero-order valence-corrected chi connectivity index (χ0v) is 9.09. The Hall–Kier alpha value is -2.59. The molecule has 0 spiro atoms. The first-order valence-corrected chi connectivity index (χ1v) is 4.37. The first kappa shape index (κ1) is 14.5. The monoisotopic (exact) mass is 282 g/mol. The molecule has 11 heteroatoms. The molecule has 0 saturated heterocycles. The van der Waals surface area contributed by atoms with Crippen LogP contribution in [0.25, 0.3) is 0 Å². The van der Waals surface area contributed by atoms with Crippen LogP contribution in [0.1, 0.15) is 10.4 Å². The summed E-state index contributed by atoms with van der Waals surface area (Å²) in [6.45, 7) is 0. The van der Waals surface area contributed by atoms with Crippen molar-refractivity contribution in [3.05, 3.63) is 21.9 Å². The van der Waals surface area contributed by atoms with Gasteiger partial charge in [0.05, 0.1) is 12.0 Å². The van der Waals surface area contributed by atoms with E-state index in [1.807, 2.05) is 0 Å². The molecule has 1 heterocycles. The lowest BCUT2D eigenvalue weighted by Gasteiger charge is -2.12. The van der Waals surface area contributed by atoms with Crippen molar-refractivity contribution in [3.63, 3.8) is 0 Å². The van der Waals surface area contributed by atoms with Gasteiger partial charge >= 0.3 is 18.0 Å². The van der Waals surface area contributed by atoms with Crippen LogP contribution >= 0.6 is 0 Å². The Morgan fingerprint density at radius 1 is 1.53 bits per heavy atom. The average Bonchev–Trinajstić information content (AvgIpc) is 2.25. The van der Waals surface area contributed by atoms with E-state index in [9.17, 15) is 28.1 Å². The van der Waals surface area contributed by atoms with Gasteiger partial charge < -0.3 is 14.6 Å². The molecule has 104 valence electrons. The third-order valence-electron chi connectivity index (χ3n) is 1.80. The molecule has 0 radical (unpaired) electrons. The van der Waals surface area contributed by atoms with Gasteiger partial charge in [0.15, 0.2) is 0 Å². The molecule has 1 N–H and O–H groups in total. The number of rotatable bonds is 4. The number of aromatic nitrogens is 1. The van der Waals surface area contributed by atoms with Gasteiger partial charge in [-0.25, -0.2) is 9.78 Å². The minimum absolute atomic E-state index is 0.468. The fourth-order valence-electron chi connectivity index (χ4n) is 1.15. The number of nitro groups is 1. The van der Waals surface area contributed by atoms with Crippen molar-refractivity contribution in [1.29, 1.82) is 0 Å². The number of hydrogen-bond donors (Lipinski definition) is 1. The Bertz CT molecular complexity index is 530. The van der Waals surface area contributed by atoms with E-state index < -0.39 is 40.1 Å². The van der Waals surface area contributed by atoms with Crippen LogP contribution in [-0.4, -0.2) is 34.5 Å². The molecule has 0 atom stereocenters. The molecule has 0 saturated carbocycles. The van der Waals surface area contributed by atoms with E-state index in [0.717, 1.165) is 7.11 Å². The highest BCUT2D eigenvalue weighted by molar-refractivity contribution is 5.92. The molecular formula is C8H5F3N2O6. The first-order valence-electron chi connectivity index (χ1n) is 4.37. The second-order valence-corrected chi connectivity index (χ2v) is 2.97. The molecule has 8 nitrogen and oxygen atoms in total. The van der Waals surface area contributed by atoms with Gasteiger partial charge in [0.25, 0.3) is 5.88 Å². The summed E-state index contributed by atoms with van der Waals surface area (Å²) >= 11 is 0. The van der Waals surface area contributed by atoms with Crippen LogP contribution in [0.5, 0.6) is 11.6 Å². The summed E-state index contributed by atoms with van der Waals surface area (Å²) in [4.78, 5) is 23.4. The van der Waals surface area contributed by atoms with E-state index in [0.29, 0.717) is 6.20 Å². The molecule has 1 aromatic rings. The number of pyridine rings is 1. The fourth-order valence-corrected chi connectivity index (χ4v) is 1.15. The molecule has 0 amide bonds. The average molecular weight is 282 g/mol. The van der Waals surface area contributed by atoms with Gasteiger partial charge in [-0.05, 0) is 0 Å². The smallest absolute Gasteiger partial charge is 0.477 e. The minimum atomic E-state index is -5.30. The van der Waals surface area contributed by atoms with Crippen LogP contribution < -0.4 is 9.47 Å². The van der Waals surface area contributed by atoms with Crippen LogP contribution in [0.4, 0.5) is 18.9 Å². The van der Waals surface area contributed by atoms with Crippen molar-refractivity contribution in [2.24, 2.45) is 0 Å². The van der Waals surface area contributed by atoms with Crippen molar-refractivity contribution in [2.75, 3.05) is 7.11 Å². The maximum absolute atomic E-state index is 12.2. The van der Waals surface area contributed by atoms with Crippen molar-refractivity contribution in [1.82, 2.24) is 4.98 Å². The van der Waals surface area contributed by atoms with Crippen molar-refractivity contribution in [3.8, 4) is 11.6 Å². The quantitative estimate of drug-likeness (QED) is 0.659. The number of carboxylic acids is 1. The third-order valence-corrected chi connectivity index (χ3v) is 1.80. The molecule has 0 aromatic carbocycles. The van der Waals surface area contributed by atoms with Crippen LogP contribution in [0, 0.1) is 10.1 Å². The molecule has 1 rings (SSSR count). The summed E-state index contributed by atoms with van der Waals surface area (Å²) in [5, 5.41) is 19.4.